The number of aromatic nitrogens is 2. The van der Waals surface area contributed by atoms with E-state index < -0.39 is 0 Å². The third kappa shape index (κ3) is 4.67. The van der Waals surface area contributed by atoms with Gasteiger partial charge in [-0.2, -0.15) is 5.10 Å². The van der Waals surface area contributed by atoms with Gasteiger partial charge >= 0.3 is 0 Å². The van der Waals surface area contributed by atoms with Crippen LogP contribution in [0.25, 0.3) is 5.70 Å². The zero-order valence-corrected chi connectivity index (χ0v) is 16.7. The fourth-order valence-electron chi connectivity index (χ4n) is 2.89. The molecular weight excluding hydrogens is 417 g/mol. The van der Waals surface area contributed by atoms with Crippen molar-refractivity contribution in [1.29, 1.82) is 0 Å². The largest absolute Gasteiger partial charge is 0.372 e. The van der Waals surface area contributed by atoms with Gasteiger partial charge in [0.25, 0.3) is 5.91 Å². The molecule has 0 spiro atoms. The van der Waals surface area contributed by atoms with Crippen molar-refractivity contribution < 1.29 is 14.0 Å². The number of piperazine rings is 1. The number of halogens is 2. The monoisotopic (exact) mass is 437 g/mol. The lowest BCUT2D eigenvalue weighted by molar-refractivity contribution is 0.0670. The molecule has 1 aliphatic heterocycles. The van der Waals surface area contributed by atoms with Gasteiger partial charge in [0, 0.05) is 51.2 Å². The molecule has 2 aromatic rings. The van der Waals surface area contributed by atoms with E-state index in [4.69, 9.17) is 4.84 Å². The van der Waals surface area contributed by atoms with Crippen LogP contribution in [0.2, 0.25) is 0 Å². The molecule has 27 heavy (non-hydrogen) atoms. The number of hydrogen-bond acceptors (Lipinski definition) is 5. The van der Waals surface area contributed by atoms with Crippen LogP contribution in [0.5, 0.6) is 0 Å². The molecule has 1 aliphatic rings. The summed E-state index contributed by atoms with van der Waals surface area (Å²) in [5.41, 5.74) is 4.80. The summed E-state index contributed by atoms with van der Waals surface area (Å²) in [6.45, 7) is 2.52. The van der Waals surface area contributed by atoms with Gasteiger partial charge in [0.15, 0.2) is 5.69 Å². The number of nitrogens with zero attached hydrogens (tertiary/aromatic N) is 4. The van der Waals surface area contributed by atoms with E-state index in [1.54, 1.807) is 35.0 Å². The summed E-state index contributed by atoms with van der Waals surface area (Å²) in [5, 5.41) is 4.22. The van der Waals surface area contributed by atoms with E-state index in [0.717, 1.165) is 11.3 Å². The number of hydrogen-bond donors (Lipinski definition) is 1. The van der Waals surface area contributed by atoms with Gasteiger partial charge in [-0.15, -0.1) is 0 Å². The molecule has 1 N–H and O–H groups in total. The van der Waals surface area contributed by atoms with E-state index in [9.17, 15) is 9.18 Å². The topological polar surface area (TPSA) is 62.6 Å². The van der Waals surface area contributed by atoms with Crippen LogP contribution in [-0.2, 0) is 11.9 Å². The van der Waals surface area contributed by atoms with Gasteiger partial charge in [-0.05, 0) is 40.2 Å². The first-order chi connectivity index (χ1) is 13.0. The molecule has 1 amide bonds. The second-order valence-electron chi connectivity index (χ2n) is 6.18. The number of benzene rings is 1. The SMILES string of the molecule is CONC(=CN1CCN(C(=O)c2nn(C)cc2Br)CC1)c1ccc(F)cc1. The Kier molecular flexibility index (Phi) is 6.12. The molecule has 1 saturated heterocycles. The summed E-state index contributed by atoms with van der Waals surface area (Å²) in [4.78, 5) is 21.6. The summed E-state index contributed by atoms with van der Waals surface area (Å²) in [6.07, 6.45) is 3.69. The molecule has 9 heteroatoms. The molecule has 0 atom stereocenters. The summed E-state index contributed by atoms with van der Waals surface area (Å²) >= 11 is 3.38. The normalized spacial score (nSPS) is 15.2. The molecule has 0 aliphatic carbocycles. The molecular formula is C18H21BrFN5O2. The average Bonchev–Trinajstić information content (AvgIpc) is 3.00. The number of aryl methyl sites for hydroxylation is 1. The molecule has 2 heterocycles. The number of hydroxylamine groups is 1. The van der Waals surface area contributed by atoms with Crippen LogP contribution >= 0.6 is 15.9 Å². The molecule has 0 unspecified atom stereocenters. The highest BCUT2D eigenvalue weighted by atomic mass is 79.9. The first kappa shape index (κ1) is 19.4. The number of rotatable bonds is 5. The first-order valence-electron chi connectivity index (χ1n) is 8.47. The molecule has 0 saturated carbocycles. The fourth-order valence-corrected chi connectivity index (χ4v) is 3.44. The Hall–Kier alpha value is -2.39. The van der Waals surface area contributed by atoms with Crippen molar-refractivity contribution in [1.82, 2.24) is 25.1 Å². The molecule has 3 rings (SSSR count). The second-order valence-corrected chi connectivity index (χ2v) is 7.04. The molecule has 1 aromatic carbocycles. The van der Waals surface area contributed by atoms with Gasteiger partial charge in [0.1, 0.15) is 5.82 Å². The number of nitrogens with one attached hydrogen (secondary N) is 1. The highest BCUT2D eigenvalue weighted by Gasteiger charge is 2.25. The smallest absolute Gasteiger partial charge is 0.275 e. The van der Waals surface area contributed by atoms with Crippen molar-refractivity contribution in [3.63, 3.8) is 0 Å². The van der Waals surface area contributed by atoms with Gasteiger partial charge in [-0.3, -0.25) is 19.8 Å². The van der Waals surface area contributed by atoms with E-state index in [1.165, 1.54) is 19.2 Å². The van der Waals surface area contributed by atoms with Crippen LogP contribution in [0.3, 0.4) is 0 Å². The Morgan fingerprint density at radius 3 is 2.48 bits per heavy atom. The summed E-state index contributed by atoms with van der Waals surface area (Å²) in [7, 11) is 3.31. The highest BCUT2D eigenvalue weighted by molar-refractivity contribution is 9.10. The number of carbonyl (C=O) groups excluding carboxylic acids is 1. The standard InChI is InChI=1S/C18H21BrFN5O2/c1-23-11-15(19)17(21-23)18(26)25-9-7-24(8-10-25)12-16(22-27-2)13-3-5-14(20)6-4-13/h3-6,11-12,22H,7-10H2,1-2H3. The van der Waals surface area contributed by atoms with Crippen LogP contribution in [0.1, 0.15) is 16.1 Å². The Balaban J connectivity index is 1.66. The zero-order chi connectivity index (χ0) is 19.4. The first-order valence-corrected chi connectivity index (χ1v) is 9.26. The predicted octanol–water partition coefficient (Wildman–Crippen LogP) is 2.23. The highest BCUT2D eigenvalue weighted by Crippen LogP contribution is 2.18. The lowest BCUT2D eigenvalue weighted by Crippen LogP contribution is -2.47. The van der Waals surface area contributed by atoms with Gasteiger partial charge in [0.2, 0.25) is 0 Å². The number of amides is 1. The maximum atomic E-state index is 13.2. The van der Waals surface area contributed by atoms with Crippen LogP contribution in [0.4, 0.5) is 4.39 Å². The van der Waals surface area contributed by atoms with E-state index in [1.807, 2.05) is 6.20 Å². The maximum Gasteiger partial charge on any atom is 0.275 e. The summed E-state index contributed by atoms with van der Waals surface area (Å²) < 4.78 is 15.5. The van der Waals surface area contributed by atoms with Crippen molar-refractivity contribution in [2.24, 2.45) is 7.05 Å². The molecule has 0 radical (unpaired) electrons. The summed E-state index contributed by atoms with van der Waals surface area (Å²) in [6, 6.07) is 6.18. The second kappa shape index (κ2) is 8.53. The van der Waals surface area contributed by atoms with Crippen molar-refractivity contribution >= 4 is 27.5 Å². The van der Waals surface area contributed by atoms with E-state index >= 15 is 0 Å². The summed E-state index contributed by atoms with van der Waals surface area (Å²) in [5.74, 6) is -0.372. The molecule has 1 fully saturated rings. The third-order valence-corrected chi connectivity index (χ3v) is 4.85. The Labute approximate surface area is 165 Å². The van der Waals surface area contributed by atoms with Crippen LogP contribution in [0.15, 0.2) is 41.1 Å². The molecule has 144 valence electrons. The van der Waals surface area contributed by atoms with Gasteiger partial charge in [-0.1, -0.05) is 0 Å². The van der Waals surface area contributed by atoms with Gasteiger partial charge in [0.05, 0.1) is 17.3 Å². The zero-order valence-electron chi connectivity index (χ0n) is 15.2. The number of carbonyl (C=O) groups is 1. The van der Waals surface area contributed by atoms with Gasteiger partial charge < -0.3 is 9.80 Å². The average molecular weight is 438 g/mol. The van der Waals surface area contributed by atoms with Crippen LogP contribution < -0.4 is 5.48 Å². The molecule has 1 aromatic heterocycles. The van der Waals surface area contributed by atoms with E-state index in [-0.39, 0.29) is 11.7 Å². The minimum absolute atomic E-state index is 0.0834. The van der Waals surface area contributed by atoms with Crippen LogP contribution in [0, 0.1) is 5.82 Å². The predicted molar refractivity (Wildman–Crippen MR) is 103 cm³/mol. The van der Waals surface area contributed by atoms with Crippen molar-refractivity contribution in [2.45, 2.75) is 0 Å². The quantitative estimate of drug-likeness (QED) is 0.726. The molecule has 7 nitrogen and oxygen atoms in total. The minimum atomic E-state index is -0.289. The Morgan fingerprint density at radius 2 is 1.93 bits per heavy atom. The Morgan fingerprint density at radius 1 is 1.26 bits per heavy atom. The lowest BCUT2D eigenvalue weighted by atomic mass is 10.1. The van der Waals surface area contributed by atoms with E-state index in [0.29, 0.717) is 36.3 Å². The van der Waals surface area contributed by atoms with Crippen molar-refractivity contribution in [3.05, 3.63) is 58.2 Å². The minimum Gasteiger partial charge on any atom is -0.372 e. The van der Waals surface area contributed by atoms with Gasteiger partial charge in [-0.25, -0.2) is 4.39 Å². The van der Waals surface area contributed by atoms with Crippen molar-refractivity contribution in [2.75, 3.05) is 33.3 Å². The third-order valence-electron chi connectivity index (χ3n) is 4.27. The fraction of sp³-hybridized carbons (Fsp3) is 0.333. The maximum absolute atomic E-state index is 13.2. The van der Waals surface area contributed by atoms with Crippen LogP contribution in [-0.4, -0.2) is 58.8 Å². The van der Waals surface area contributed by atoms with Crippen molar-refractivity contribution in [3.8, 4) is 0 Å². The molecule has 0 bridgehead atoms. The van der Waals surface area contributed by atoms with E-state index in [2.05, 4.69) is 31.4 Å². The lowest BCUT2D eigenvalue weighted by Gasteiger charge is -2.34. The Bertz CT molecular complexity index is 829.